The molecule has 10 heteroatoms. The molecule has 2 rings (SSSR count). The topological polar surface area (TPSA) is 66.5 Å². The van der Waals surface area contributed by atoms with Crippen LogP contribution in [0.1, 0.15) is 11.1 Å². The first kappa shape index (κ1) is 24.2. The van der Waals surface area contributed by atoms with Crippen molar-refractivity contribution >= 4 is 68.2 Å². The molecule has 158 valence electrons. The Kier molecular flexibility index (Phi) is 8.97. The van der Waals surface area contributed by atoms with Crippen LogP contribution in [-0.2, 0) is 20.6 Å². The van der Waals surface area contributed by atoms with Crippen molar-refractivity contribution in [3.05, 3.63) is 62.6 Å². The van der Waals surface area contributed by atoms with Crippen molar-refractivity contribution in [2.45, 2.75) is 12.7 Å². The maximum Gasteiger partial charge on any atom is 0.240 e. The summed E-state index contributed by atoms with van der Waals surface area (Å²) in [7, 11) is -3.63. The van der Waals surface area contributed by atoms with Crippen molar-refractivity contribution in [1.82, 2.24) is 5.32 Å². The summed E-state index contributed by atoms with van der Waals surface area (Å²) in [6.07, 6.45) is 1.07. The quantitative estimate of drug-likeness (QED) is 0.509. The second kappa shape index (κ2) is 10.8. The van der Waals surface area contributed by atoms with Crippen molar-refractivity contribution in [3.8, 4) is 0 Å². The summed E-state index contributed by atoms with van der Waals surface area (Å²) in [5.74, 6) is 0.862. The van der Waals surface area contributed by atoms with Crippen molar-refractivity contribution < 1.29 is 13.2 Å². The van der Waals surface area contributed by atoms with Crippen LogP contribution in [0.2, 0.25) is 15.1 Å². The number of rotatable bonds is 9. The van der Waals surface area contributed by atoms with Crippen molar-refractivity contribution in [2.24, 2.45) is 0 Å². The van der Waals surface area contributed by atoms with Crippen molar-refractivity contribution in [2.75, 3.05) is 29.4 Å². The van der Waals surface area contributed by atoms with Gasteiger partial charge in [0.2, 0.25) is 15.9 Å². The predicted octanol–water partition coefficient (Wildman–Crippen LogP) is 4.77. The minimum atomic E-state index is -3.63. The van der Waals surface area contributed by atoms with Gasteiger partial charge in [-0.05, 0) is 48.4 Å². The summed E-state index contributed by atoms with van der Waals surface area (Å²) >= 11 is 19.8. The van der Waals surface area contributed by atoms with Crippen LogP contribution >= 0.6 is 46.6 Å². The molecule has 5 nitrogen and oxygen atoms in total. The number of aryl methyl sites for hydroxylation is 1. The van der Waals surface area contributed by atoms with E-state index in [9.17, 15) is 13.2 Å². The molecule has 1 amide bonds. The highest BCUT2D eigenvalue weighted by Crippen LogP contribution is 2.28. The Morgan fingerprint density at radius 2 is 1.79 bits per heavy atom. The second-order valence-electron chi connectivity index (χ2n) is 6.30. The molecule has 2 aromatic rings. The lowest BCUT2D eigenvalue weighted by molar-refractivity contribution is -0.119. The number of amides is 1. The molecule has 0 heterocycles. The van der Waals surface area contributed by atoms with E-state index in [2.05, 4.69) is 5.32 Å². The van der Waals surface area contributed by atoms with Crippen LogP contribution in [0.3, 0.4) is 0 Å². The van der Waals surface area contributed by atoms with Gasteiger partial charge in [0.25, 0.3) is 0 Å². The molecule has 0 unspecified atom stereocenters. The predicted molar refractivity (Wildman–Crippen MR) is 124 cm³/mol. The number of hydrogen-bond donors (Lipinski definition) is 1. The highest BCUT2D eigenvalue weighted by Gasteiger charge is 2.22. The molecule has 0 spiro atoms. The number of sulfonamides is 1. The zero-order valence-electron chi connectivity index (χ0n) is 15.9. The SMILES string of the molecule is Cc1cc(Cl)ccc1N(CC(=O)NCCSCc1c(Cl)cccc1Cl)S(C)(=O)=O. The molecule has 0 aliphatic rings. The highest BCUT2D eigenvalue weighted by atomic mass is 35.5. The van der Waals surface area contributed by atoms with E-state index in [1.54, 1.807) is 55.1 Å². The van der Waals surface area contributed by atoms with E-state index in [-0.39, 0.29) is 12.5 Å². The van der Waals surface area contributed by atoms with E-state index < -0.39 is 10.0 Å². The standard InChI is InChI=1S/C19H21Cl3N2O3S2/c1-13-10-14(20)6-7-18(13)24(29(2,26)27)11-19(25)23-8-9-28-12-15-16(21)4-3-5-17(15)22/h3-7,10H,8-9,11-12H2,1-2H3,(H,23,25). The number of halogens is 3. The highest BCUT2D eigenvalue weighted by molar-refractivity contribution is 7.98. The first-order valence-electron chi connectivity index (χ1n) is 8.61. The molecule has 0 fully saturated rings. The molecular formula is C19H21Cl3N2O3S2. The minimum Gasteiger partial charge on any atom is -0.354 e. The minimum absolute atomic E-state index is 0.303. The number of carbonyl (C=O) groups is 1. The van der Waals surface area contributed by atoms with Gasteiger partial charge in [0.15, 0.2) is 0 Å². The van der Waals surface area contributed by atoms with Crippen LogP contribution in [0.25, 0.3) is 0 Å². The number of benzene rings is 2. The second-order valence-corrected chi connectivity index (χ2v) is 10.6. The van der Waals surface area contributed by atoms with Crippen LogP contribution in [0.15, 0.2) is 36.4 Å². The number of anilines is 1. The molecule has 0 saturated heterocycles. The normalized spacial score (nSPS) is 11.3. The zero-order chi connectivity index (χ0) is 21.6. The van der Waals surface area contributed by atoms with Gasteiger partial charge < -0.3 is 5.32 Å². The maximum absolute atomic E-state index is 12.3. The molecular weight excluding hydrogens is 475 g/mol. The van der Waals surface area contributed by atoms with E-state index in [0.29, 0.717) is 44.4 Å². The Morgan fingerprint density at radius 3 is 2.38 bits per heavy atom. The molecule has 0 bridgehead atoms. The fraction of sp³-hybridized carbons (Fsp3) is 0.316. The molecule has 0 aliphatic carbocycles. The van der Waals surface area contributed by atoms with Crippen LogP contribution in [0, 0.1) is 6.92 Å². The van der Waals surface area contributed by atoms with Crippen LogP contribution < -0.4 is 9.62 Å². The molecule has 0 saturated carbocycles. The zero-order valence-corrected chi connectivity index (χ0v) is 19.8. The summed E-state index contributed by atoms with van der Waals surface area (Å²) in [6.45, 7) is 1.83. The monoisotopic (exact) mass is 494 g/mol. The number of hydrogen-bond acceptors (Lipinski definition) is 4. The smallest absolute Gasteiger partial charge is 0.240 e. The molecule has 0 atom stereocenters. The summed E-state index contributed by atoms with van der Waals surface area (Å²) in [5.41, 5.74) is 1.95. The summed E-state index contributed by atoms with van der Waals surface area (Å²) < 4.78 is 25.4. The Bertz CT molecular complexity index is 964. The fourth-order valence-corrected chi connectivity index (χ4v) is 5.31. The van der Waals surface area contributed by atoms with Crippen LogP contribution in [0.4, 0.5) is 5.69 Å². The van der Waals surface area contributed by atoms with Crippen molar-refractivity contribution in [1.29, 1.82) is 0 Å². The third-order valence-electron chi connectivity index (χ3n) is 3.99. The number of nitrogens with zero attached hydrogens (tertiary/aromatic N) is 1. The molecule has 1 N–H and O–H groups in total. The Morgan fingerprint density at radius 1 is 1.14 bits per heavy atom. The van der Waals surface area contributed by atoms with Gasteiger partial charge in [-0.15, -0.1) is 0 Å². The Hall–Kier alpha value is -1.12. The number of carbonyl (C=O) groups excluding carboxylic acids is 1. The van der Waals surface area contributed by atoms with E-state index in [1.807, 2.05) is 0 Å². The number of thioether (sulfide) groups is 1. The van der Waals surface area contributed by atoms with Gasteiger partial charge in [-0.2, -0.15) is 11.8 Å². The first-order chi connectivity index (χ1) is 13.6. The lowest BCUT2D eigenvalue weighted by Crippen LogP contribution is -2.41. The third kappa shape index (κ3) is 7.26. The summed E-state index contributed by atoms with van der Waals surface area (Å²) in [4.78, 5) is 12.3. The summed E-state index contributed by atoms with van der Waals surface area (Å²) in [5, 5.41) is 4.46. The first-order valence-corrected chi connectivity index (χ1v) is 12.7. The Balaban J connectivity index is 1.89. The van der Waals surface area contributed by atoms with E-state index >= 15 is 0 Å². The average Bonchev–Trinajstić information content (AvgIpc) is 2.61. The van der Waals surface area contributed by atoms with Gasteiger partial charge in [-0.25, -0.2) is 8.42 Å². The van der Waals surface area contributed by atoms with Crippen molar-refractivity contribution in [3.63, 3.8) is 0 Å². The van der Waals surface area contributed by atoms with E-state index in [4.69, 9.17) is 34.8 Å². The van der Waals surface area contributed by atoms with Crippen LogP contribution in [-0.4, -0.2) is 39.4 Å². The van der Waals surface area contributed by atoms with Crippen LogP contribution in [0.5, 0.6) is 0 Å². The van der Waals surface area contributed by atoms with Gasteiger partial charge in [-0.3, -0.25) is 9.10 Å². The molecule has 0 aliphatic heterocycles. The molecule has 29 heavy (non-hydrogen) atoms. The maximum atomic E-state index is 12.3. The largest absolute Gasteiger partial charge is 0.354 e. The lowest BCUT2D eigenvalue weighted by Gasteiger charge is -2.23. The van der Waals surface area contributed by atoms with Gasteiger partial charge in [0.1, 0.15) is 6.54 Å². The van der Waals surface area contributed by atoms with Gasteiger partial charge >= 0.3 is 0 Å². The molecule has 2 aromatic carbocycles. The molecule has 0 aromatic heterocycles. The van der Waals surface area contributed by atoms with Gasteiger partial charge in [0.05, 0.1) is 11.9 Å². The van der Waals surface area contributed by atoms with E-state index in [0.717, 1.165) is 16.1 Å². The number of nitrogens with one attached hydrogen (secondary N) is 1. The fourth-order valence-electron chi connectivity index (χ4n) is 2.57. The lowest BCUT2D eigenvalue weighted by atomic mass is 10.2. The van der Waals surface area contributed by atoms with E-state index in [1.165, 1.54) is 0 Å². The third-order valence-corrected chi connectivity index (χ3v) is 7.05. The molecule has 0 radical (unpaired) electrons. The Labute approximate surface area is 190 Å². The van der Waals surface area contributed by atoms with Gasteiger partial charge in [-0.1, -0.05) is 40.9 Å². The van der Waals surface area contributed by atoms with Gasteiger partial charge in [0, 0.05) is 33.1 Å². The summed E-state index contributed by atoms with van der Waals surface area (Å²) in [6, 6.07) is 10.2. The average molecular weight is 496 g/mol.